The normalized spacial score (nSPS) is 10.5. The molecule has 1 heterocycles. The lowest BCUT2D eigenvalue weighted by molar-refractivity contribution is 0.415. The first-order valence-electron chi connectivity index (χ1n) is 5.57. The van der Waals surface area contributed by atoms with Crippen LogP contribution in [-0.4, -0.2) is 25.7 Å². The van der Waals surface area contributed by atoms with Crippen molar-refractivity contribution in [1.82, 2.24) is 10.3 Å². The van der Waals surface area contributed by atoms with Crippen molar-refractivity contribution in [3.8, 4) is 16.3 Å². The Labute approximate surface area is 105 Å². The molecule has 2 rings (SSSR count). The zero-order chi connectivity index (χ0) is 12.1. The Bertz CT molecular complexity index is 465. The first kappa shape index (κ1) is 12.1. The van der Waals surface area contributed by atoms with Gasteiger partial charge in [0.25, 0.3) is 0 Å². The highest BCUT2D eigenvalue weighted by Crippen LogP contribution is 2.26. The maximum absolute atomic E-state index is 5.14. The standard InChI is InChI=1S/C13H16N2OS/c1-14-8-7-12-9-15-13(17-12)10-3-5-11(16-2)6-4-10/h3-6,9,14H,7-8H2,1-2H3. The van der Waals surface area contributed by atoms with Gasteiger partial charge in [-0.1, -0.05) is 0 Å². The van der Waals surface area contributed by atoms with Crippen molar-refractivity contribution in [3.05, 3.63) is 35.3 Å². The lowest BCUT2D eigenvalue weighted by atomic mass is 10.2. The molecule has 0 saturated carbocycles. The topological polar surface area (TPSA) is 34.2 Å². The van der Waals surface area contributed by atoms with Crippen LogP contribution in [-0.2, 0) is 6.42 Å². The Morgan fingerprint density at radius 2 is 2.06 bits per heavy atom. The molecule has 0 aliphatic heterocycles. The third kappa shape index (κ3) is 3.05. The van der Waals surface area contributed by atoms with E-state index in [1.165, 1.54) is 4.88 Å². The molecule has 3 nitrogen and oxygen atoms in total. The quantitative estimate of drug-likeness (QED) is 0.883. The summed E-state index contributed by atoms with van der Waals surface area (Å²) in [4.78, 5) is 5.76. The van der Waals surface area contributed by atoms with Crippen LogP contribution in [0.1, 0.15) is 4.88 Å². The van der Waals surface area contributed by atoms with E-state index in [1.807, 2.05) is 37.5 Å². The van der Waals surface area contributed by atoms with Gasteiger partial charge in [0, 0.05) is 16.6 Å². The molecule has 90 valence electrons. The minimum absolute atomic E-state index is 0.876. The van der Waals surface area contributed by atoms with E-state index in [-0.39, 0.29) is 0 Å². The fraction of sp³-hybridized carbons (Fsp3) is 0.308. The van der Waals surface area contributed by atoms with Crippen LogP contribution in [0.5, 0.6) is 5.75 Å². The van der Waals surface area contributed by atoms with Gasteiger partial charge in [-0.25, -0.2) is 4.98 Å². The summed E-state index contributed by atoms with van der Waals surface area (Å²) in [6.45, 7) is 0.990. The number of nitrogens with zero attached hydrogens (tertiary/aromatic N) is 1. The third-order valence-electron chi connectivity index (χ3n) is 2.51. The largest absolute Gasteiger partial charge is 0.497 e. The highest BCUT2D eigenvalue weighted by molar-refractivity contribution is 7.15. The molecule has 17 heavy (non-hydrogen) atoms. The Balaban J connectivity index is 2.12. The Morgan fingerprint density at radius 1 is 1.29 bits per heavy atom. The number of likely N-dealkylation sites (N-methyl/N-ethyl adjacent to an activating group) is 1. The summed E-state index contributed by atoms with van der Waals surface area (Å²) in [6.07, 6.45) is 2.99. The number of hydrogen-bond donors (Lipinski definition) is 1. The minimum Gasteiger partial charge on any atom is -0.497 e. The van der Waals surface area contributed by atoms with Crippen LogP contribution in [0.3, 0.4) is 0 Å². The van der Waals surface area contributed by atoms with Gasteiger partial charge in [0.15, 0.2) is 0 Å². The van der Waals surface area contributed by atoms with E-state index in [0.29, 0.717) is 0 Å². The van der Waals surface area contributed by atoms with Crippen molar-refractivity contribution in [2.24, 2.45) is 0 Å². The average Bonchev–Trinajstić information content (AvgIpc) is 2.85. The van der Waals surface area contributed by atoms with Gasteiger partial charge in [-0.05, 0) is 44.3 Å². The molecule has 0 bridgehead atoms. The SMILES string of the molecule is CNCCc1cnc(-c2ccc(OC)cc2)s1. The molecule has 0 fully saturated rings. The molecule has 2 aromatic rings. The van der Waals surface area contributed by atoms with Crippen LogP contribution in [0.4, 0.5) is 0 Å². The molecule has 0 radical (unpaired) electrons. The fourth-order valence-electron chi connectivity index (χ4n) is 1.54. The van der Waals surface area contributed by atoms with Crippen LogP contribution in [0.25, 0.3) is 10.6 Å². The van der Waals surface area contributed by atoms with Crippen molar-refractivity contribution >= 4 is 11.3 Å². The average molecular weight is 248 g/mol. The Kier molecular flexibility index (Phi) is 4.12. The third-order valence-corrected chi connectivity index (χ3v) is 3.62. The zero-order valence-corrected chi connectivity index (χ0v) is 10.9. The number of benzene rings is 1. The first-order valence-corrected chi connectivity index (χ1v) is 6.39. The summed E-state index contributed by atoms with van der Waals surface area (Å²) in [5.74, 6) is 0.876. The van der Waals surface area contributed by atoms with E-state index in [4.69, 9.17) is 4.74 Å². The van der Waals surface area contributed by atoms with Gasteiger partial charge in [0.2, 0.25) is 0 Å². The van der Waals surface area contributed by atoms with Crippen molar-refractivity contribution in [1.29, 1.82) is 0 Å². The number of aromatic nitrogens is 1. The molecule has 0 spiro atoms. The van der Waals surface area contributed by atoms with Crippen LogP contribution >= 0.6 is 11.3 Å². The van der Waals surface area contributed by atoms with Crippen LogP contribution in [0.15, 0.2) is 30.5 Å². The van der Waals surface area contributed by atoms with E-state index in [2.05, 4.69) is 10.3 Å². The second kappa shape index (κ2) is 5.80. The van der Waals surface area contributed by atoms with E-state index in [0.717, 1.165) is 29.3 Å². The molecule has 0 aliphatic carbocycles. The maximum Gasteiger partial charge on any atom is 0.123 e. The molecule has 1 N–H and O–H groups in total. The lowest BCUT2D eigenvalue weighted by Gasteiger charge is -2.00. The van der Waals surface area contributed by atoms with Crippen molar-refractivity contribution in [3.63, 3.8) is 0 Å². The lowest BCUT2D eigenvalue weighted by Crippen LogP contribution is -2.09. The predicted molar refractivity (Wildman–Crippen MR) is 71.7 cm³/mol. The highest BCUT2D eigenvalue weighted by Gasteiger charge is 2.04. The maximum atomic E-state index is 5.14. The number of hydrogen-bond acceptors (Lipinski definition) is 4. The van der Waals surface area contributed by atoms with Gasteiger partial charge >= 0.3 is 0 Å². The van der Waals surface area contributed by atoms with E-state index >= 15 is 0 Å². The van der Waals surface area contributed by atoms with Crippen LogP contribution in [0.2, 0.25) is 0 Å². The van der Waals surface area contributed by atoms with Gasteiger partial charge in [0.1, 0.15) is 10.8 Å². The molecule has 0 unspecified atom stereocenters. The first-order chi connectivity index (χ1) is 8.33. The van der Waals surface area contributed by atoms with Crippen LogP contribution < -0.4 is 10.1 Å². The van der Waals surface area contributed by atoms with E-state index in [9.17, 15) is 0 Å². The molecule has 0 atom stereocenters. The summed E-state index contributed by atoms with van der Waals surface area (Å²) in [5, 5.41) is 4.21. The minimum atomic E-state index is 0.876. The highest BCUT2D eigenvalue weighted by atomic mass is 32.1. The number of thiazole rings is 1. The molecule has 0 saturated heterocycles. The number of ether oxygens (including phenoxy) is 1. The predicted octanol–water partition coefficient (Wildman–Crippen LogP) is 2.58. The zero-order valence-electron chi connectivity index (χ0n) is 10.1. The smallest absolute Gasteiger partial charge is 0.123 e. The molecular weight excluding hydrogens is 232 g/mol. The number of rotatable bonds is 5. The molecular formula is C13H16N2OS. The summed E-state index contributed by atoms with van der Waals surface area (Å²) in [5.41, 5.74) is 1.14. The summed E-state index contributed by atoms with van der Waals surface area (Å²) in [6, 6.07) is 8.01. The van der Waals surface area contributed by atoms with Gasteiger partial charge in [-0.15, -0.1) is 11.3 Å². The number of methoxy groups -OCH3 is 1. The second-order valence-corrected chi connectivity index (χ2v) is 4.83. The molecule has 0 amide bonds. The second-order valence-electron chi connectivity index (χ2n) is 3.71. The van der Waals surface area contributed by atoms with Gasteiger partial charge in [-0.3, -0.25) is 0 Å². The van der Waals surface area contributed by atoms with Gasteiger partial charge in [-0.2, -0.15) is 0 Å². The van der Waals surface area contributed by atoms with Crippen molar-refractivity contribution in [2.75, 3.05) is 20.7 Å². The summed E-state index contributed by atoms with van der Waals surface area (Å²) in [7, 11) is 3.64. The van der Waals surface area contributed by atoms with E-state index < -0.39 is 0 Å². The fourth-order valence-corrected chi connectivity index (χ4v) is 2.46. The molecule has 1 aromatic heterocycles. The molecule has 4 heteroatoms. The summed E-state index contributed by atoms with van der Waals surface area (Å²) < 4.78 is 5.14. The van der Waals surface area contributed by atoms with Crippen molar-refractivity contribution in [2.45, 2.75) is 6.42 Å². The Morgan fingerprint density at radius 3 is 2.71 bits per heavy atom. The van der Waals surface area contributed by atoms with Gasteiger partial charge < -0.3 is 10.1 Å². The van der Waals surface area contributed by atoms with Gasteiger partial charge in [0.05, 0.1) is 7.11 Å². The van der Waals surface area contributed by atoms with Crippen molar-refractivity contribution < 1.29 is 4.74 Å². The monoisotopic (exact) mass is 248 g/mol. The van der Waals surface area contributed by atoms with Crippen LogP contribution in [0, 0.1) is 0 Å². The number of nitrogens with one attached hydrogen (secondary N) is 1. The summed E-state index contributed by atoms with van der Waals surface area (Å²) >= 11 is 1.75. The molecule has 0 aliphatic rings. The Hall–Kier alpha value is -1.39. The van der Waals surface area contributed by atoms with E-state index in [1.54, 1.807) is 18.4 Å². The molecule has 1 aromatic carbocycles.